The quantitative estimate of drug-likeness (QED) is 0.754. The standard InChI is InChI=1S/C11H17N3O/c12-11(4-3-5-11)10(15)13-6-9-14-7-1-2-8-14/h1-2,7-8H,3-6,9,12H2,(H,13,15). The minimum atomic E-state index is -0.573. The Bertz CT molecular complexity index is 328. The molecule has 0 radical (unpaired) electrons. The second-order valence-electron chi connectivity index (χ2n) is 4.19. The van der Waals surface area contributed by atoms with E-state index in [0.717, 1.165) is 25.8 Å². The Kier molecular flexibility index (Phi) is 2.77. The molecule has 1 heterocycles. The van der Waals surface area contributed by atoms with E-state index in [4.69, 9.17) is 5.73 Å². The topological polar surface area (TPSA) is 60.1 Å². The van der Waals surface area contributed by atoms with Crippen molar-refractivity contribution in [2.45, 2.75) is 31.3 Å². The van der Waals surface area contributed by atoms with Gasteiger partial charge < -0.3 is 15.6 Å². The SMILES string of the molecule is NC1(C(=O)NCCn2cccc2)CCC1. The first-order valence-electron chi connectivity index (χ1n) is 5.39. The van der Waals surface area contributed by atoms with Crippen LogP contribution in [0.5, 0.6) is 0 Å². The van der Waals surface area contributed by atoms with E-state index in [1.165, 1.54) is 0 Å². The second kappa shape index (κ2) is 4.06. The number of hydrogen-bond acceptors (Lipinski definition) is 2. The molecule has 0 aliphatic heterocycles. The number of nitrogens with zero attached hydrogens (tertiary/aromatic N) is 1. The van der Waals surface area contributed by atoms with Crippen LogP contribution in [0, 0.1) is 0 Å². The molecule has 0 bridgehead atoms. The monoisotopic (exact) mass is 207 g/mol. The Hall–Kier alpha value is -1.29. The van der Waals surface area contributed by atoms with E-state index < -0.39 is 5.54 Å². The Balaban J connectivity index is 1.72. The van der Waals surface area contributed by atoms with Gasteiger partial charge in [0.05, 0.1) is 5.54 Å². The molecule has 3 N–H and O–H groups in total. The fourth-order valence-corrected chi connectivity index (χ4v) is 1.78. The molecule has 0 atom stereocenters. The number of nitrogens with one attached hydrogen (secondary N) is 1. The van der Waals surface area contributed by atoms with Gasteiger partial charge in [-0.1, -0.05) is 0 Å². The van der Waals surface area contributed by atoms with Crippen molar-refractivity contribution >= 4 is 5.91 Å². The highest BCUT2D eigenvalue weighted by atomic mass is 16.2. The minimum Gasteiger partial charge on any atom is -0.353 e. The summed E-state index contributed by atoms with van der Waals surface area (Å²) in [5.74, 6) is 0.000839. The van der Waals surface area contributed by atoms with Gasteiger partial charge >= 0.3 is 0 Å². The first kappa shape index (κ1) is 10.2. The molecule has 0 unspecified atom stereocenters. The van der Waals surface area contributed by atoms with Gasteiger partial charge in [-0.25, -0.2) is 0 Å². The van der Waals surface area contributed by atoms with Gasteiger partial charge in [-0.05, 0) is 31.4 Å². The lowest BCUT2D eigenvalue weighted by molar-refractivity contribution is -0.129. The molecule has 1 aromatic rings. The summed E-state index contributed by atoms with van der Waals surface area (Å²) in [7, 11) is 0. The highest BCUT2D eigenvalue weighted by Crippen LogP contribution is 2.28. The molecule has 4 nitrogen and oxygen atoms in total. The fraction of sp³-hybridized carbons (Fsp3) is 0.545. The number of nitrogens with two attached hydrogens (primary N) is 1. The number of rotatable bonds is 4. The van der Waals surface area contributed by atoms with E-state index in [2.05, 4.69) is 5.32 Å². The van der Waals surface area contributed by atoms with Crippen molar-refractivity contribution in [1.82, 2.24) is 9.88 Å². The van der Waals surface area contributed by atoms with Gasteiger partial charge in [-0.15, -0.1) is 0 Å². The van der Waals surface area contributed by atoms with Gasteiger partial charge in [0, 0.05) is 25.5 Å². The van der Waals surface area contributed by atoms with Crippen LogP contribution in [-0.4, -0.2) is 22.6 Å². The van der Waals surface area contributed by atoms with Crippen LogP contribution in [0.4, 0.5) is 0 Å². The minimum absolute atomic E-state index is 0.000839. The van der Waals surface area contributed by atoms with Crippen molar-refractivity contribution in [2.75, 3.05) is 6.54 Å². The van der Waals surface area contributed by atoms with Gasteiger partial charge in [0.1, 0.15) is 0 Å². The third-order valence-electron chi connectivity index (χ3n) is 3.02. The molecule has 1 saturated carbocycles. The van der Waals surface area contributed by atoms with Crippen molar-refractivity contribution in [2.24, 2.45) is 5.73 Å². The number of aromatic nitrogens is 1. The Morgan fingerprint density at radius 3 is 2.60 bits per heavy atom. The fourth-order valence-electron chi connectivity index (χ4n) is 1.78. The number of hydrogen-bond donors (Lipinski definition) is 2. The molecule has 82 valence electrons. The average Bonchev–Trinajstić information content (AvgIpc) is 2.66. The zero-order valence-corrected chi connectivity index (χ0v) is 8.78. The molecule has 1 aliphatic carbocycles. The molecule has 1 aromatic heterocycles. The highest BCUT2D eigenvalue weighted by molar-refractivity contribution is 5.86. The molecule has 0 saturated heterocycles. The van der Waals surface area contributed by atoms with Crippen molar-refractivity contribution in [3.63, 3.8) is 0 Å². The molecule has 15 heavy (non-hydrogen) atoms. The lowest BCUT2D eigenvalue weighted by Gasteiger charge is -2.36. The molecular weight excluding hydrogens is 190 g/mol. The number of amides is 1. The van der Waals surface area contributed by atoms with Gasteiger partial charge in [-0.3, -0.25) is 4.79 Å². The number of carbonyl (C=O) groups excluding carboxylic acids is 1. The van der Waals surface area contributed by atoms with Crippen LogP contribution in [-0.2, 0) is 11.3 Å². The predicted molar refractivity (Wildman–Crippen MR) is 58.2 cm³/mol. The van der Waals surface area contributed by atoms with Crippen LogP contribution >= 0.6 is 0 Å². The highest BCUT2D eigenvalue weighted by Gasteiger charge is 2.39. The molecule has 1 aliphatic rings. The summed E-state index contributed by atoms with van der Waals surface area (Å²) in [5, 5.41) is 2.88. The maximum Gasteiger partial charge on any atom is 0.240 e. The molecular formula is C11H17N3O. The van der Waals surface area contributed by atoms with Crippen LogP contribution in [0.1, 0.15) is 19.3 Å². The lowest BCUT2D eigenvalue weighted by Crippen LogP contribution is -2.58. The van der Waals surface area contributed by atoms with Crippen LogP contribution in [0.3, 0.4) is 0 Å². The normalized spacial score (nSPS) is 18.2. The zero-order chi connectivity index (χ0) is 10.7. The first-order valence-corrected chi connectivity index (χ1v) is 5.39. The van der Waals surface area contributed by atoms with Crippen molar-refractivity contribution < 1.29 is 4.79 Å². The van der Waals surface area contributed by atoms with Crippen LogP contribution < -0.4 is 11.1 Å². The largest absolute Gasteiger partial charge is 0.353 e. The van der Waals surface area contributed by atoms with Gasteiger partial charge in [0.15, 0.2) is 0 Å². The Morgan fingerprint density at radius 2 is 2.07 bits per heavy atom. The number of carbonyl (C=O) groups is 1. The molecule has 1 fully saturated rings. The maximum atomic E-state index is 11.6. The smallest absolute Gasteiger partial charge is 0.240 e. The summed E-state index contributed by atoms with van der Waals surface area (Å²) in [4.78, 5) is 11.6. The summed E-state index contributed by atoms with van der Waals surface area (Å²) in [6, 6.07) is 3.94. The van der Waals surface area contributed by atoms with E-state index >= 15 is 0 Å². The van der Waals surface area contributed by atoms with Crippen LogP contribution in [0.25, 0.3) is 0 Å². The van der Waals surface area contributed by atoms with Gasteiger partial charge in [0.2, 0.25) is 5.91 Å². The van der Waals surface area contributed by atoms with E-state index in [1.54, 1.807) is 0 Å². The van der Waals surface area contributed by atoms with Gasteiger partial charge in [0.25, 0.3) is 0 Å². The van der Waals surface area contributed by atoms with Gasteiger partial charge in [-0.2, -0.15) is 0 Å². The Labute approximate surface area is 89.5 Å². The molecule has 1 amide bonds. The van der Waals surface area contributed by atoms with Crippen molar-refractivity contribution in [3.05, 3.63) is 24.5 Å². The second-order valence-corrected chi connectivity index (χ2v) is 4.19. The summed E-state index contributed by atoms with van der Waals surface area (Å²) in [6.07, 6.45) is 6.67. The summed E-state index contributed by atoms with van der Waals surface area (Å²) in [6.45, 7) is 1.45. The van der Waals surface area contributed by atoms with Crippen molar-refractivity contribution in [1.29, 1.82) is 0 Å². The molecule has 4 heteroatoms. The first-order chi connectivity index (χ1) is 7.21. The summed E-state index contributed by atoms with van der Waals surface area (Å²) in [5.41, 5.74) is 5.31. The summed E-state index contributed by atoms with van der Waals surface area (Å²) >= 11 is 0. The summed E-state index contributed by atoms with van der Waals surface area (Å²) < 4.78 is 2.03. The van der Waals surface area contributed by atoms with Crippen LogP contribution in [0.15, 0.2) is 24.5 Å². The lowest BCUT2D eigenvalue weighted by atomic mass is 9.77. The van der Waals surface area contributed by atoms with Crippen molar-refractivity contribution in [3.8, 4) is 0 Å². The Morgan fingerprint density at radius 1 is 1.40 bits per heavy atom. The predicted octanol–water partition coefficient (Wildman–Crippen LogP) is 0.486. The van der Waals surface area contributed by atoms with E-state index in [9.17, 15) is 4.79 Å². The molecule has 0 spiro atoms. The third kappa shape index (κ3) is 2.21. The van der Waals surface area contributed by atoms with Crippen LogP contribution in [0.2, 0.25) is 0 Å². The van der Waals surface area contributed by atoms with E-state index in [1.807, 2.05) is 29.1 Å². The molecule has 0 aromatic carbocycles. The molecule has 2 rings (SSSR count). The van der Waals surface area contributed by atoms with E-state index in [0.29, 0.717) is 6.54 Å². The third-order valence-corrected chi connectivity index (χ3v) is 3.02. The van der Waals surface area contributed by atoms with E-state index in [-0.39, 0.29) is 5.91 Å². The zero-order valence-electron chi connectivity index (χ0n) is 8.78. The average molecular weight is 207 g/mol. The maximum absolute atomic E-state index is 11.6.